The predicted molar refractivity (Wildman–Crippen MR) is 71.0 cm³/mol. The zero-order valence-electron chi connectivity index (χ0n) is 10.7. The lowest BCUT2D eigenvalue weighted by Gasteiger charge is -2.07. The van der Waals surface area contributed by atoms with Crippen molar-refractivity contribution >= 4 is 11.6 Å². The number of pyridine rings is 1. The van der Waals surface area contributed by atoms with E-state index in [4.69, 9.17) is 11.6 Å². The third-order valence-corrected chi connectivity index (χ3v) is 2.81. The maximum absolute atomic E-state index is 6.25. The SMILES string of the molecule is CCNCc1cnc(-n2nc(C)nc2C)c(Cl)c1. The van der Waals surface area contributed by atoms with Gasteiger partial charge in [-0.05, 0) is 32.0 Å². The zero-order valence-corrected chi connectivity index (χ0v) is 11.5. The van der Waals surface area contributed by atoms with Gasteiger partial charge >= 0.3 is 0 Å². The minimum absolute atomic E-state index is 0.582. The molecule has 2 aromatic rings. The summed E-state index contributed by atoms with van der Waals surface area (Å²) in [6.45, 7) is 7.46. The molecule has 2 aromatic heterocycles. The molecule has 18 heavy (non-hydrogen) atoms. The van der Waals surface area contributed by atoms with Crippen molar-refractivity contribution in [2.45, 2.75) is 27.3 Å². The highest BCUT2D eigenvalue weighted by molar-refractivity contribution is 6.32. The Balaban J connectivity index is 2.32. The second-order valence-corrected chi connectivity index (χ2v) is 4.45. The molecular formula is C12H16ClN5. The first-order valence-corrected chi connectivity index (χ1v) is 6.25. The van der Waals surface area contributed by atoms with Crippen molar-refractivity contribution in [2.75, 3.05) is 6.54 Å². The molecule has 0 amide bonds. The van der Waals surface area contributed by atoms with Crippen molar-refractivity contribution < 1.29 is 0 Å². The molecule has 96 valence electrons. The van der Waals surface area contributed by atoms with Crippen molar-refractivity contribution in [3.63, 3.8) is 0 Å². The molecule has 0 saturated heterocycles. The van der Waals surface area contributed by atoms with Crippen LogP contribution in [0, 0.1) is 13.8 Å². The fourth-order valence-electron chi connectivity index (χ4n) is 1.71. The van der Waals surface area contributed by atoms with Gasteiger partial charge in [0.25, 0.3) is 0 Å². The average Bonchev–Trinajstić information content (AvgIpc) is 2.66. The van der Waals surface area contributed by atoms with Crippen LogP contribution < -0.4 is 5.32 Å². The van der Waals surface area contributed by atoms with Crippen LogP contribution >= 0.6 is 11.6 Å². The third-order valence-electron chi connectivity index (χ3n) is 2.53. The molecule has 2 rings (SSSR count). The Labute approximate surface area is 111 Å². The van der Waals surface area contributed by atoms with Crippen LogP contribution in [0.1, 0.15) is 24.1 Å². The topological polar surface area (TPSA) is 55.6 Å². The molecule has 1 N–H and O–H groups in total. The van der Waals surface area contributed by atoms with Crippen LogP contribution in [0.25, 0.3) is 5.82 Å². The maximum Gasteiger partial charge on any atom is 0.174 e. The molecule has 0 aromatic carbocycles. The summed E-state index contributed by atoms with van der Waals surface area (Å²) in [5.74, 6) is 2.11. The third kappa shape index (κ3) is 2.68. The number of halogens is 1. The van der Waals surface area contributed by atoms with Crippen LogP contribution in [0.2, 0.25) is 5.02 Å². The Morgan fingerprint density at radius 2 is 2.17 bits per heavy atom. The summed E-state index contributed by atoms with van der Waals surface area (Å²) in [7, 11) is 0. The molecule has 0 bridgehead atoms. The molecule has 0 saturated carbocycles. The van der Waals surface area contributed by atoms with Crippen LogP contribution in [0.15, 0.2) is 12.3 Å². The van der Waals surface area contributed by atoms with Crippen LogP contribution in [0.3, 0.4) is 0 Å². The summed E-state index contributed by atoms with van der Waals surface area (Å²) < 4.78 is 1.66. The number of rotatable bonds is 4. The first kappa shape index (κ1) is 13.0. The van der Waals surface area contributed by atoms with Crippen molar-refractivity contribution in [1.82, 2.24) is 25.1 Å². The molecule has 0 aliphatic rings. The van der Waals surface area contributed by atoms with E-state index in [0.29, 0.717) is 16.7 Å². The van der Waals surface area contributed by atoms with Crippen molar-refractivity contribution in [2.24, 2.45) is 0 Å². The van der Waals surface area contributed by atoms with E-state index in [2.05, 4.69) is 27.3 Å². The van der Waals surface area contributed by atoms with Crippen LogP contribution in [0.5, 0.6) is 0 Å². The molecule has 0 fully saturated rings. The largest absolute Gasteiger partial charge is 0.313 e. The molecule has 0 unspecified atom stereocenters. The Hall–Kier alpha value is -1.46. The fourth-order valence-corrected chi connectivity index (χ4v) is 1.98. The van der Waals surface area contributed by atoms with Gasteiger partial charge in [-0.3, -0.25) is 0 Å². The Morgan fingerprint density at radius 1 is 1.39 bits per heavy atom. The van der Waals surface area contributed by atoms with Gasteiger partial charge in [-0.2, -0.15) is 4.68 Å². The van der Waals surface area contributed by atoms with Crippen molar-refractivity contribution in [3.8, 4) is 5.82 Å². The molecule has 2 heterocycles. The van der Waals surface area contributed by atoms with Gasteiger partial charge in [0.15, 0.2) is 5.82 Å². The van der Waals surface area contributed by atoms with Gasteiger partial charge in [0.05, 0.1) is 5.02 Å². The van der Waals surface area contributed by atoms with Gasteiger partial charge in [0.1, 0.15) is 11.6 Å². The van der Waals surface area contributed by atoms with E-state index in [9.17, 15) is 0 Å². The normalized spacial score (nSPS) is 10.9. The molecule has 0 aliphatic heterocycles. The lowest BCUT2D eigenvalue weighted by molar-refractivity contribution is 0.721. The second kappa shape index (κ2) is 5.46. The van der Waals surface area contributed by atoms with E-state index in [1.807, 2.05) is 19.9 Å². The van der Waals surface area contributed by atoms with Crippen molar-refractivity contribution in [3.05, 3.63) is 34.5 Å². The number of aryl methyl sites for hydroxylation is 2. The van der Waals surface area contributed by atoms with Gasteiger partial charge < -0.3 is 5.32 Å². The lowest BCUT2D eigenvalue weighted by atomic mass is 10.3. The van der Waals surface area contributed by atoms with E-state index in [0.717, 1.165) is 24.5 Å². The number of aromatic nitrogens is 4. The monoisotopic (exact) mass is 265 g/mol. The molecule has 0 radical (unpaired) electrons. The van der Waals surface area contributed by atoms with Crippen LogP contribution in [-0.4, -0.2) is 26.3 Å². The fraction of sp³-hybridized carbons (Fsp3) is 0.417. The van der Waals surface area contributed by atoms with Crippen LogP contribution in [-0.2, 0) is 6.54 Å². The molecule has 0 aliphatic carbocycles. The van der Waals surface area contributed by atoms with Crippen molar-refractivity contribution in [1.29, 1.82) is 0 Å². The van der Waals surface area contributed by atoms with Gasteiger partial charge in [-0.15, -0.1) is 5.10 Å². The van der Waals surface area contributed by atoms with E-state index < -0.39 is 0 Å². The molecule has 0 spiro atoms. The van der Waals surface area contributed by atoms with E-state index in [1.54, 1.807) is 10.9 Å². The van der Waals surface area contributed by atoms with E-state index in [1.165, 1.54) is 0 Å². The molecule has 5 nitrogen and oxygen atoms in total. The minimum atomic E-state index is 0.582. The van der Waals surface area contributed by atoms with Crippen LogP contribution in [0.4, 0.5) is 0 Å². The Kier molecular flexibility index (Phi) is 3.93. The van der Waals surface area contributed by atoms with E-state index >= 15 is 0 Å². The number of nitrogens with one attached hydrogen (secondary N) is 1. The summed E-state index contributed by atoms with van der Waals surface area (Å²) in [5.41, 5.74) is 1.06. The highest BCUT2D eigenvalue weighted by Crippen LogP contribution is 2.19. The van der Waals surface area contributed by atoms with Gasteiger partial charge in [-0.25, -0.2) is 9.97 Å². The average molecular weight is 266 g/mol. The summed E-state index contributed by atoms with van der Waals surface area (Å²) >= 11 is 6.25. The first-order chi connectivity index (χ1) is 8.61. The standard InChI is InChI=1S/C12H16ClN5/c1-4-14-6-10-5-11(13)12(15-7-10)18-9(3)16-8(2)17-18/h5,7,14H,4,6H2,1-3H3. The summed E-state index contributed by atoms with van der Waals surface area (Å²) in [6.07, 6.45) is 1.81. The van der Waals surface area contributed by atoms with Gasteiger partial charge in [-0.1, -0.05) is 18.5 Å². The smallest absolute Gasteiger partial charge is 0.174 e. The molecule has 0 atom stereocenters. The number of hydrogen-bond donors (Lipinski definition) is 1. The first-order valence-electron chi connectivity index (χ1n) is 5.87. The number of nitrogens with zero attached hydrogens (tertiary/aromatic N) is 4. The summed E-state index contributed by atoms with van der Waals surface area (Å²) in [4.78, 5) is 8.61. The quantitative estimate of drug-likeness (QED) is 0.919. The zero-order chi connectivity index (χ0) is 13.1. The van der Waals surface area contributed by atoms with Gasteiger partial charge in [0.2, 0.25) is 0 Å². The lowest BCUT2D eigenvalue weighted by Crippen LogP contribution is -2.12. The number of hydrogen-bond acceptors (Lipinski definition) is 4. The predicted octanol–water partition coefficient (Wildman–Crippen LogP) is 2.04. The molecule has 6 heteroatoms. The Bertz CT molecular complexity index is 549. The van der Waals surface area contributed by atoms with E-state index in [-0.39, 0.29) is 0 Å². The summed E-state index contributed by atoms with van der Waals surface area (Å²) in [5, 5.41) is 8.09. The minimum Gasteiger partial charge on any atom is -0.313 e. The highest BCUT2D eigenvalue weighted by atomic mass is 35.5. The van der Waals surface area contributed by atoms with Gasteiger partial charge in [0, 0.05) is 12.7 Å². The highest BCUT2D eigenvalue weighted by Gasteiger charge is 2.10. The second-order valence-electron chi connectivity index (χ2n) is 4.05. The maximum atomic E-state index is 6.25. The summed E-state index contributed by atoms with van der Waals surface area (Å²) in [6, 6.07) is 1.91. The molecular weight excluding hydrogens is 250 g/mol. The Morgan fingerprint density at radius 3 is 2.72 bits per heavy atom.